The van der Waals surface area contributed by atoms with Crippen LogP contribution < -0.4 is 25.6 Å². The Balaban J connectivity index is 1.20. The van der Waals surface area contributed by atoms with Crippen molar-refractivity contribution in [2.45, 2.75) is 25.8 Å². The van der Waals surface area contributed by atoms with E-state index in [1.54, 1.807) is 39.0 Å². The summed E-state index contributed by atoms with van der Waals surface area (Å²) < 4.78 is 19.8. The highest BCUT2D eigenvalue weighted by atomic mass is 79.9. The molecule has 0 atom stereocenters. The van der Waals surface area contributed by atoms with Crippen LogP contribution in [0.3, 0.4) is 0 Å². The molecule has 0 bridgehead atoms. The van der Waals surface area contributed by atoms with E-state index in [0.717, 1.165) is 43.2 Å². The second-order valence-electron chi connectivity index (χ2n) is 12.3. The zero-order valence-corrected chi connectivity index (χ0v) is 29.0. The summed E-state index contributed by atoms with van der Waals surface area (Å²) >= 11 is 3.58. The number of nitrogens with one attached hydrogen (secondary N) is 2. The molecule has 2 aromatic carbocycles. The third-order valence-electron chi connectivity index (χ3n) is 8.79. The van der Waals surface area contributed by atoms with Gasteiger partial charge in [0.05, 0.1) is 34.0 Å². The summed E-state index contributed by atoms with van der Waals surface area (Å²) in [5.41, 5.74) is 5.20. The number of likely N-dealkylation sites (N-methyl/N-ethyl adjacent to an activating group) is 1. The Kier molecular flexibility index (Phi) is 9.29. The SMILES string of the molecule is COc1cc(N2CCC(N3CCN(C)CC3)CC2)c(C)cc1Nc1ncc(Br)c(Nc2cc3nccnc3cc2P(C)(C)=O)n1. The number of anilines is 5. The van der Waals surface area contributed by atoms with Gasteiger partial charge in [-0.25, -0.2) is 4.98 Å². The first-order valence-electron chi connectivity index (χ1n) is 15.3. The van der Waals surface area contributed by atoms with Crippen molar-refractivity contribution in [1.82, 2.24) is 29.7 Å². The van der Waals surface area contributed by atoms with Crippen LogP contribution in [0.4, 0.5) is 28.8 Å². The second kappa shape index (κ2) is 13.2. The normalized spacial score (nSPS) is 17.1. The van der Waals surface area contributed by atoms with Crippen molar-refractivity contribution in [3.63, 3.8) is 0 Å². The lowest BCUT2D eigenvalue weighted by Crippen LogP contribution is -2.52. The van der Waals surface area contributed by atoms with Crippen LogP contribution in [-0.2, 0) is 4.57 Å². The summed E-state index contributed by atoms with van der Waals surface area (Å²) in [5, 5.41) is 7.40. The van der Waals surface area contributed by atoms with Crippen molar-refractivity contribution in [3.8, 4) is 5.75 Å². The zero-order valence-electron chi connectivity index (χ0n) is 26.5. The number of aromatic nitrogens is 4. The van der Waals surface area contributed by atoms with Crippen LogP contribution in [0.25, 0.3) is 11.0 Å². The molecular formula is C32H41BrN9O2P. The van der Waals surface area contributed by atoms with Crippen molar-refractivity contribution in [3.05, 3.63) is 52.9 Å². The number of hydrogen-bond donors (Lipinski definition) is 2. The van der Waals surface area contributed by atoms with E-state index in [1.165, 1.54) is 31.6 Å². The van der Waals surface area contributed by atoms with Gasteiger partial charge in [-0.2, -0.15) is 4.98 Å². The molecule has 2 N–H and O–H groups in total. The first-order chi connectivity index (χ1) is 21.6. The van der Waals surface area contributed by atoms with Gasteiger partial charge in [0.25, 0.3) is 0 Å². The molecule has 13 heteroatoms. The maximum Gasteiger partial charge on any atom is 0.229 e. The van der Waals surface area contributed by atoms with Gasteiger partial charge >= 0.3 is 0 Å². The number of aryl methyl sites for hydroxylation is 1. The smallest absolute Gasteiger partial charge is 0.229 e. The average molecular weight is 695 g/mol. The molecule has 0 aliphatic carbocycles. The number of nitrogens with zero attached hydrogens (tertiary/aromatic N) is 7. The number of halogens is 1. The molecule has 2 aromatic heterocycles. The highest BCUT2D eigenvalue weighted by Gasteiger charge is 2.28. The maximum absolute atomic E-state index is 13.2. The Morgan fingerprint density at radius 2 is 1.60 bits per heavy atom. The van der Waals surface area contributed by atoms with E-state index in [4.69, 9.17) is 9.72 Å². The number of fused-ring (bicyclic) bond motifs is 1. The van der Waals surface area contributed by atoms with Gasteiger partial charge in [-0.15, -0.1) is 0 Å². The van der Waals surface area contributed by atoms with Crippen molar-refractivity contribution >= 4 is 68.2 Å². The van der Waals surface area contributed by atoms with Gasteiger partial charge in [-0.1, -0.05) is 0 Å². The number of methoxy groups -OCH3 is 1. The van der Waals surface area contributed by atoms with Gasteiger partial charge in [-0.3, -0.25) is 14.9 Å². The largest absolute Gasteiger partial charge is 0.494 e. The van der Waals surface area contributed by atoms with E-state index in [2.05, 4.69) is 82.3 Å². The molecule has 0 spiro atoms. The lowest BCUT2D eigenvalue weighted by Gasteiger charge is -2.43. The number of ether oxygens (including phenoxy) is 1. The fraction of sp³-hybridized carbons (Fsp3) is 0.438. The molecule has 11 nitrogen and oxygen atoms in total. The van der Waals surface area contributed by atoms with E-state index in [0.29, 0.717) is 44.3 Å². The van der Waals surface area contributed by atoms with Crippen LogP contribution in [0.2, 0.25) is 0 Å². The van der Waals surface area contributed by atoms with Crippen molar-refractivity contribution in [2.24, 2.45) is 0 Å². The first-order valence-corrected chi connectivity index (χ1v) is 18.7. The highest BCUT2D eigenvalue weighted by Crippen LogP contribution is 2.40. The minimum absolute atomic E-state index is 0.400. The predicted molar refractivity (Wildman–Crippen MR) is 187 cm³/mol. The van der Waals surface area contributed by atoms with Gasteiger partial charge in [0.15, 0.2) is 0 Å². The van der Waals surface area contributed by atoms with E-state index < -0.39 is 7.14 Å². The molecule has 0 saturated carbocycles. The number of piperidine rings is 1. The summed E-state index contributed by atoms with van der Waals surface area (Å²) in [5.74, 6) is 1.66. The van der Waals surface area contributed by atoms with Crippen LogP contribution in [-0.4, -0.2) is 103 Å². The lowest BCUT2D eigenvalue weighted by molar-refractivity contribution is 0.0982. The Morgan fingerprint density at radius 3 is 2.27 bits per heavy atom. The summed E-state index contributed by atoms with van der Waals surface area (Å²) in [6.07, 6.45) is 7.31. The van der Waals surface area contributed by atoms with E-state index >= 15 is 0 Å². The van der Waals surface area contributed by atoms with Crippen molar-refractivity contribution < 1.29 is 9.30 Å². The number of rotatable bonds is 8. The molecule has 4 heterocycles. The average Bonchev–Trinajstić information content (AvgIpc) is 3.02. The fourth-order valence-corrected chi connectivity index (χ4v) is 7.68. The molecule has 0 radical (unpaired) electrons. The van der Waals surface area contributed by atoms with Crippen LogP contribution in [0.15, 0.2) is 47.3 Å². The van der Waals surface area contributed by atoms with E-state index in [-0.39, 0.29) is 0 Å². The standard InChI is InChI=1S/C32H41BrN9O2P/c1-21-16-26(29(44-3)19-28(21)42-10-6-22(7-11-42)41-14-12-40(2)13-15-41)38-32-36-20-23(33)31(39-32)37-27-17-24-25(35-9-8-34-24)18-30(27)45(4,5)43/h8-9,16-20,22H,6-7,10-15H2,1-5H3,(H2,36,37,38,39). The molecule has 2 aliphatic heterocycles. The van der Waals surface area contributed by atoms with E-state index in [1.807, 2.05) is 12.1 Å². The van der Waals surface area contributed by atoms with Gasteiger partial charge in [0.1, 0.15) is 18.7 Å². The molecule has 0 amide bonds. The minimum atomic E-state index is -2.65. The zero-order chi connectivity index (χ0) is 31.7. The van der Waals surface area contributed by atoms with Crippen molar-refractivity contribution in [2.75, 3.05) is 82.3 Å². The Hall–Kier alpha value is -3.31. The van der Waals surface area contributed by atoms with E-state index in [9.17, 15) is 4.57 Å². The summed E-state index contributed by atoms with van der Waals surface area (Å²) in [4.78, 5) is 25.7. The summed E-state index contributed by atoms with van der Waals surface area (Å²) in [7, 11) is 1.24. The predicted octanol–water partition coefficient (Wildman–Crippen LogP) is 5.45. The van der Waals surface area contributed by atoms with Crippen LogP contribution in [0, 0.1) is 6.92 Å². The molecule has 2 aliphatic rings. The molecule has 6 rings (SSSR count). The Labute approximate surface area is 273 Å². The fourth-order valence-electron chi connectivity index (χ4n) is 6.25. The first kappa shape index (κ1) is 31.7. The Bertz CT molecular complexity index is 1730. The summed E-state index contributed by atoms with van der Waals surface area (Å²) in [6.45, 7) is 12.3. The molecule has 2 saturated heterocycles. The quantitative estimate of drug-likeness (QED) is 0.230. The third-order valence-corrected chi connectivity index (χ3v) is 10.9. The summed E-state index contributed by atoms with van der Waals surface area (Å²) in [6, 6.07) is 8.58. The van der Waals surface area contributed by atoms with Crippen molar-refractivity contribution in [1.29, 1.82) is 0 Å². The Morgan fingerprint density at radius 1 is 0.911 bits per heavy atom. The van der Waals surface area contributed by atoms with Gasteiger partial charge in [0.2, 0.25) is 5.95 Å². The van der Waals surface area contributed by atoms with Gasteiger partial charge in [-0.05, 0) is 79.8 Å². The third kappa shape index (κ3) is 7.09. The lowest BCUT2D eigenvalue weighted by atomic mass is 10.0. The van der Waals surface area contributed by atoms with Gasteiger partial charge in [0, 0.05) is 81.0 Å². The number of piperazine rings is 1. The van der Waals surface area contributed by atoms with Crippen LogP contribution in [0.5, 0.6) is 5.75 Å². The molecule has 4 aromatic rings. The molecule has 0 unspecified atom stereocenters. The van der Waals surface area contributed by atoms with Crippen LogP contribution in [0.1, 0.15) is 18.4 Å². The number of hydrogen-bond acceptors (Lipinski definition) is 11. The molecule has 2 fully saturated rings. The van der Waals surface area contributed by atoms with Gasteiger partial charge < -0.3 is 29.7 Å². The molecular weight excluding hydrogens is 653 g/mol. The monoisotopic (exact) mass is 693 g/mol. The maximum atomic E-state index is 13.2. The topological polar surface area (TPSA) is 112 Å². The van der Waals surface area contributed by atoms with Crippen LogP contribution >= 0.6 is 23.1 Å². The number of benzene rings is 2. The second-order valence-corrected chi connectivity index (χ2v) is 16.3. The molecule has 238 valence electrons. The minimum Gasteiger partial charge on any atom is -0.494 e. The molecule has 45 heavy (non-hydrogen) atoms. The highest BCUT2D eigenvalue weighted by molar-refractivity contribution is 9.10.